The minimum atomic E-state index is 0.519. The molecule has 1 fully saturated rings. The second-order valence-corrected chi connectivity index (χ2v) is 4.78. The first-order chi connectivity index (χ1) is 8.33. The summed E-state index contributed by atoms with van der Waals surface area (Å²) in [5.74, 6) is 0. The average molecular weight is 248 g/mol. The zero-order chi connectivity index (χ0) is 11.7. The fraction of sp³-hybridized carbons (Fsp3) is 0.308. The molecule has 0 saturated carbocycles. The van der Waals surface area contributed by atoms with Crippen molar-refractivity contribution in [2.75, 3.05) is 6.54 Å². The van der Waals surface area contributed by atoms with Crippen molar-refractivity contribution in [1.82, 2.24) is 15.1 Å². The first-order valence-electron chi connectivity index (χ1n) is 5.87. The van der Waals surface area contributed by atoms with Gasteiger partial charge in [-0.15, -0.1) is 0 Å². The van der Waals surface area contributed by atoms with Gasteiger partial charge in [-0.3, -0.25) is 0 Å². The van der Waals surface area contributed by atoms with E-state index in [-0.39, 0.29) is 0 Å². The molecule has 0 spiro atoms. The molecule has 4 heteroatoms. The summed E-state index contributed by atoms with van der Waals surface area (Å²) in [5, 5.41) is 8.33. The van der Waals surface area contributed by atoms with Crippen LogP contribution in [0.3, 0.4) is 0 Å². The van der Waals surface area contributed by atoms with Crippen LogP contribution in [0.2, 0.25) is 5.02 Å². The Morgan fingerprint density at radius 3 is 2.71 bits per heavy atom. The van der Waals surface area contributed by atoms with Crippen LogP contribution >= 0.6 is 11.6 Å². The number of nitrogens with zero attached hydrogens (tertiary/aromatic N) is 2. The standard InChI is InChI=1S/C13H14ClN3/c14-11-8-16-17(9-11)12-5-3-10(4-6-12)13-2-1-7-15-13/h3-6,8-9,13,15H,1-2,7H2. The Morgan fingerprint density at radius 1 is 1.29 bits per heavy atom. The average Bonchev–Trinajstić information content (AvgIpc) is 3.00. The topological polar surface area (TPSA) is 29.9 Å². The van der Waals surface area contributed by atoms with Crippen molar-refractivity contribution in [1.29, 1.82) is 0 Å². The summed E-state index contributed by atoms with van der Waals surface area (Å²) in [5.41, 5.74) is 2.39. The van der Waals surface area contributed by atoms with E-state index in [2.05, 4.69) is 34.7 Å². The largest absolute Gasteiger partial charge is 0.310 e. The third-order valence-electron chi connectivity index (χ3n) is 3.17. The minimum Gasteiger partial charge on any atom is -0.310 e. The van der Waals surface area contributed by atoms with Crippen LogP contribution in [0.5, 0.6) is 0 Å². The van der Waals surface area contributed by atoms with Gasteiger partial charge in [0, 0.05) is 12.2 Å². The molecule has 88 valence electrons. The Bertz CT molecular complexity index is 498. The highest BCUT2D eigenvalue weighted by molar-refractivity contribution is 6.30. The Labute approximate surface area is 105 Å². The van der Waals surface area contributed by atoms with Gasteiger partial charge in [0.15, 0.2) is 0 Å². The summed E-state index contributed by atoms with van der Waals surface area (Å²) in [6.45, 7) is 1.13. The molecule has 0 radical (unpaired) electrons. The molecule has 0 amide bonds. The molecule has 1 unspecified atom stereocenters. The molecular weight excluding hydrogens is 234 g/mol. The zero-order valence-corrected chi connectivity index (χ0v) is 10.2. The lowest BCUT2D eigenvalue weighted by molar-refractivity contribution is 0.647. The van der Waals surface area contributed by atoms with Crippen LogP contribution in [0.4, 0.5) is 0 Å². The van der Waals surface area contributed by atoms with E-state index >= 15 is 0 Å². The first kappa shape index (κ1) is 10.8. The Morgan fingerprint density at radius 2 is 2.12 bits per heavy atom. The van der Waals surface area contributed by atoms with Crippen molar-refractivity contribution in [3.63, 3.8) is 0 Å². The number of aromatic nitrogens is 2. The van der Waals surface area contributed by atoms with Gasteiger partial charge >= 0.3 is 0 Å². The fourth-order valence-electron chi connectivity index (χ4n) is 2.27. The number of benzene rings is 1. The van der Waals surface area contributed by atoms with Crippen molar-refractivity contribution in [3.8, 4) is 5.69 Å². The van der Waals surface area contributed by atoms with E-state index in [1.807, 2.05) is 6.20 Å². The molecule has 1 aromatic heterocycles. The lowest BCUT2D eigenvalue weighted by Crippen LogP contribution is -2.12. The summed E-state index contributed by atoms with van der Waals surface area (Å²) in [6, 6.07) is 9.00. The molecular formula is C13H14ClN3. The first-order valence-corrected chi connectivity index (χ1v) is 6.24. The van der Waals surface area contributed by atoms with Crippen LogP contribution < -0.4 is 5.32 Å². The highest BCUT2D eigenvalue weighted by atomic mass is 35.5. The van der Waals surface area contributed by atoms with Crippen LogP contribution in [-0.2, 0) is 0 Å². The van der Waals surface area contributed by atoms with Crippen molar-refractivity contribution < 1.29 is 0 Å². The smallest absolute Gasteiger partial charge is 0.0790 e. The molecule has 2 aromatic rings. The number of nitrogens with one attached hydrogen (secondary N) is 1. The van der Waals surface area contributed by atoms with Gasteiger partial charge in [-0.2, -0.15) is 5.10 Å². The maximum atomic E-state index is 5.85. The van der Waals surface area contributed by atoms with Crippen LogP contribution in [0, 0.1) is 0 Å². The molecule has 1 atom stereocenters. The van der Waals surface area contributed by atoms with Crippen molar-refractivity contribution in [2.45, 2.75) is 18.9 Å². The Hall–Kier alpha value is -1.32. The second kappa shape index (κ2) is 4.51. The highest BCUT2D eigenvalue weighted by Gasteiger charge is 2.15. The summed E-state index contributed by atoms with van der Waals surface area (Å²) in [4.78, 5) is 0. The van der Waals surface area contributed by atoms with Crippen LogP contribution in [0.25, 0.3) is 5.69 Å². The fourth-order valence-corrected chi connectivity index (χ4v) is 2.41. The Balaban J connectivity index is 1.84. The van der Waals surface area contributed by atoms with Gasteiger partial charge in [0.25, 0.3) is 0 Å². The molecule has 1 saturated heterocycles. The van der Waals surface area contributed by atoms with Gasteiger partial charge in [0.05, 0.1) is 16.9 Å². The summed E-state index contributed by atoms with van der Waals surface area (Å²) in [7, 11) is 0. The van der Waals surface area contributed by atoms with Gasteiger partial charge < -0.3 is 5.32 Å². The highest BCUT2D eigenvalue weighted by Crippen LogP contribution is 2.23. The van der Waals surface area contributed by atoms with Crippen LogP contribution in [-0.4, -0.2) is 16.3 Å². The molecule has 1 aliphatic heterocycles. The molecule has 3 rings (SSSR count). The van der Waals surface area contributed by atoms with Crippen molar-refractivity contribution >= 4 is 11.6 Å². The monoisotopic (exact) mass is 247 g/mol. The van der Waals surface area contributed by atoms with Crippen LogP contribution in [0.15, 0.2) is 36.7 Å². The van der Waals surface area contributed by atoms with Gasteiger partial charge in [-0.25, -0.2) is 4.68 Å². The van der Waals surface area contributed by atoms with Crippen molar-refractivity contribution in [3.05, 3.63) is 47.2 Å². The molecule has 0 bridgehead atoms. The van der Waals surface area contributed by atoms with Crippen LogP contribution in [0.1, 0.15) is 24.4 Å². The summed E-state index contributed by atoms with van der Waals surface area (Å²) < 4.78 is 1.79. The quantitative estimate of drug-likeness (QED) is 0.884. The van der Waals surface area contributed by atoms with E-state index < -0.39 is 0 Å². The summed E-state index contributed by atoms with van der Waals surface area (Å²) in [6.07, 6.45) is 5.95. The second-order valence-electron chi connectivity index (χ2n) is 4.34. The minimum absolute atomic E-state index is 0.519. The predicted octanol–water partition coefficient (Wildman–Crippen LogP) is 2.95. The lowest BCUT2D eigenvalue weighted by Gasteiger charge is -2.11. The Kier molecular flexibility index (Phi) is 2.87. The van der Waals surface area contributed by atoms with Gasteiger partial charge in [-0.05, 0) is 37.1 Å². The number of rotatable bonds is 2. The van der Waals surface area contributed by atoms with Gasteiger partial charge in [-0.1, -0.05) is 23.7 Å². The molecule has 1 aliphatic rings. The molecule has 0 aliphatic carbocycles. The third kappa shape index (κ3) is 2.21. The molecule has 1 N–H and O–H groups in total. The summed E-state index contributed by atoms with van der Waals surface area (Å²) >= 11 is 5.85. The van der Waals surface area contributed by atoms with E-state index in [1.54, 1.807) is 10.9 Å². The molecule has 2 heterocycles. The number of halogens is 1. The maximum absolute atomic E-state index is 5.85. The van der Waals surface area contributed by atoms with E-state index in [4.69, 9.17) is 11.6 Å². The number of hydrogen-bond acceptors (Lipinski definition) is 2. The van der Waals surface area contributed by atoms with E-state index in [1.165, 1.54) is 18.4 Å². The van der Waals surface area contributed by atoms with E-state index in [0.29, 0.717) is 11.1 Å². The molecule has 3 nitrogen and oxygen atoms in total. The number of hydrogen-bond donors (Lipinski definition) is 1. The third-order valence-corrected chi connectivity index (χ3v) is 3.37. The normalized spacial score (nSPS) is 19.7. The molecule has 1 aromatic carbocycles. The van der Waals surface area contributed by atoms with Crippen molar-refractivity contribution in [2.24, 2.45) is 0 Å². The lowest BCUT2D eigenvalue weighted by atomic mass is 10.1. The van der Waals surface area contributed by atoms with E-state index in [9.17, 15) is 0 Å². The van der Waals surface area contributed by atoms with Gasteiger partial charge in [0.2, 0.25) is 0 Å². The van der Waals surface area contributed by atoms with Gasteiger partial charge in [0.1, 0.15) is 0 Å². The predicted molar refractivity (Wildman–Crippen MR) is 68.6 cm³/mol. The molecule has 17 heavy (non-hydrogen) atoms. The van der Waals surface area contributed by atoms with E-state index in [0.717, 1.165) is 12.2 Å². The SMILES string of the molecule is Clc1cnn(-c2ccc(C3CCCN3)cc2)c1. The maximum Gasteiger partial charge on any atom is 0.0790 e. The zero-order valence-electron chi connectivity index (χ0n) is 9.44.